The van der Waals surface area contributed by atoms with E-state index in [1.54, 1.807) is 6.07 Å². The molecule has 3 aromatic rings. The van der Waals surface area contributed by atoms with Crippen molar-refractivity contribution in [2.75, 3.05) is 0 Å². The molecular formula is C15H11FN2O4S. The van der Waals surface area contributed by atoms with Crippen LogP contribution in [0.2, 0.25) is 0 Å². The van der Waals surface area contributed by atoms with Crippen LogP contribution in [0.3, 0.4) is 0 Å². The van der Waals surface area contributed by atoms with Crippen LogP contribution in [0.4, 0.5) is 9.18 Å². The number of carbonyl (C=O) groups is 1. The molecule has 0 aliphatic carbocycles. The fourth-order valence-electron chi connectivity index (χ4n) is 2.43. The molecule has 3 N–H and O–H groups in total. The van der Waals surface area contributed by atoms with Crippen LogP contribution in [0.15, 0.2) is 53.6 Å². The third kappa shape index (κ3) is 2.69. The van der Waals surface area contributed by atoms with E-state index in [2.05, 4.69) is 0 Å². The van der Waals surface area contributed by atoms with E-state index in [-0.39, 0.29) is 10.4 Å². The van der Waals surface area contributed by atoms with Gasteiger partial charge >= 0.3 is 6.09 Å². The molecule has 0 saturated heterocycles. The number of sulfonamides is 1. The maximum absolute atomic E-state index is 13.4. The number of hydrogen-bond donors (Lipinski definition) is 2. The van der Waals surface area contributed by atoms with Gasteiger partial charge < -0.3 is 5.11 Å². The van der Waals surface area contributed by atoms with Gasteiger partial charge in [0, 0.05) is 17.1 Å². The third-order valence-electron chi connectivity index (χ3n) is 3.45. The summed E-state index contributed by atoms with van der Waals surface area (Å²) in [5.74, 6) is -0.567. The normalized spacial score (nSPS) is 11.7. The quantitative estimate of drug-likeness (QED) is 0.752. The van der Waals surface area contributed by atoms with Gasteiger partial charge in [-0.05, 0) is 35.9 Å². The first-order valence-electron chi connectivity index (χ1n) is 6.44. The van der Waals surface area contributed by atoms with Crippen LogP contribution >= 0.6 is 0 Å². The number of fused-ring (bicyclic) bond motifs is 1. The van der Waals surface area contributed by atoms with Gasteiger partial charge in [0.15, 0.2) is 0 Å². The Kier molecular flexibility index (Phi) is 3.42. The first-order valence-corrected chi connectivity index (χ1v) is 7.99. The zero-order valence-electron chi connectivity index (χ0n) is 11.6. The Labute approximate surface area is 130 Å². The molecular weight excluding hydrogens is 323 g/mol. The van der Waals surface area contributed by atoms with Crippen molar-refractivity contribution in [1.82, 2.24) is 4.57 Å². The summed E-state index contributed by atoms with van der Waals surface area (Å²) in [7, 11) is -3.89. The number of halogens is 1. The standard InChI is InChI=1S/C15H11FN2O4S/c16-10-4-5-12-13(8-18(15(19)20)14(12)7-10)9-2-1-3-11(6-9)23(17,21)22/h1-8H,(H,19,20)(H2,17,21,22). The highest BCUT2D eigenvalue weighted by atomic mass is 32.2. The molecule has 0 aliphatic rings. The molecule has 0 spiro atoms. The van der Waals surface area contributed by atoms with Gasteiger partial charge in [0.25, 0.3) is 0 Å². The first-order chi connectivity index (χ1) is 10.8. The summed E-state index contributed by atoms with van der Waals surface area (Å²) in [4.78, 5) is 11.2. The number of carboxylic acid groups (broad SMARTS) is 1. The van der Waals surface area contributed by atoms with Crippen LogP contribution in [0.25, 0.3) is 22.0 Å². The first kappa shape index (κ1) is 15.2. The van der Waals surface area contributed by atoms with Crippen LogP contribution in [0.5, 0.6) is 0 Å². The van der Waals surface area contributed by atoms with E-state index in [0.29, 0.717) is 16.5 Å². The third-order valence-corrected chi connectivity index (χ3v) is 4.36. The molecule has 23 heavy (non-hydrogen) atoms. The smallest absolute Gasteiger partial charge is 0.416 e. The van der Waals surface area contributed by atoms with E-state index in [9.17, 15) is 22.7 Å². The van der Waals surface area contributed by atoms with Crippen molar-refractivity contribution in [3.05, 3.63) is 54.5 Å². The highest BCUT2D eigenvalue weighted by Gasteiger charge is 2.16. The largest absolute Gasteiger partial charge is 0.464 e. The molecule has 3 rings (SSSR count). The second-order valence-corrected chi connectivity index (χ2v) is 6.49. The Hall–Kier alpha value is -2.71. The van der Waals surface area contributed by atoms with Crippen molar-refractivity contribution in [2.45, 2.75) is 4.90 Å². The minimum Gasteiger partial charge on any atom is -0.464 e. The fourth-order valence-corrected chi connectivity index (χ4v) is 2.99. The van der Waals surface area contributed by atoms with Gasteiger partial charge in [-0.25, -0.2) is 22.7 Å². The van der Waals surface area contributed by atoms with Gasteiger partial charge in [0.2, 0.25) is 10.0 Å². The van der Waals surface area contributed by atoms with E-state index in [4.69, 9.17) is 5.14 Å². The number of primary sulfonamides is 1. The molecule has 0 saturated carbocycles. The van der Waals surface area contributed by atoms with Gasteiger partial charge in [0.05, 0.1) is 10.4 Å². The lowest BCUT2D eigenvalue weighted by Gasteiger charge is -2.03. The lowest BCUT2D eigenvalue weighted by Crippen LogP contribution is -2.11. The zero-order valence-corrected chi connectivity index (χ0v) is 12.4. The molecule has 1 heterocycles. The van der Waals surface area contributed by atoms with Gasteiger partial charge in [-0.2, -0.15) is 0 Å². The number of benzene rings is 2. The monoisotopic (exact) mass is 334 g/mol. The molecule has 0 fully saturated rings. The topological polar surface area (TPSA) is 102 Å². The van der Waals surface area contributed by atoms with Gasteiger partial charge in [-0.1, -0.05) is 12.1 Å². The molecule has 0 atom stereocenters. The molecule has 0 bridgehead atoms. The molecule has 0 unspecified atom stereocenters. The van der Waals surface area contributed by atoms with Gasteiger partial charge in [-0.15, -0.1) is 0 Å². The summed E-state index contributed by atoms with van der Waals surface area (Å²) < 4.78 is 37.2. The number of aromatic nitrogens is 1. The Balaban J connectivity index is 2.31. The zero-order chi connectivity index (χ0) is 16.8. The number of rotatable bonds is 2. The summed E-state index contributed by atoms with van der Waals surface area (Å²) in [6.45, 7) is 0. The minimum absolute atomic E-state index is 0.0895. The van der Waals surface area contributed by atoms with Crippen LogP contribution in [0.1, 0.15) is 0 Å². The maximum atomic E-state index is 13.4. The molecule has 6 nitrogen and oxygen atoms in total. The molecule has 2 aromatic carbocycles. The minimum atomic E-state index is -3.89. The number of nitrogens with zero attached hydrogens (tertiary/aromatic N) is 1. The summed E-state index contributed by atoms with van der Waals surface area (Å²) in [5.41, 5.74) is 1.11. The van der Waals surface area contributed by atoms with Crippen molar-refractivity contribution < 1.29 is 22.7 Å². The Morgan fingerprint density at radius 3 is 2.57 bits per heavy atom. The maximum Gasteiger partial charge on any atom is 0.416 e. The number of hydrogen-bond acceptors (Lipinski definition) is 3. The second-order valence-electron chi connectivity index (χ2n) is 4.93. The van der Waals surface area contributed by atoms with E-state index < -0.39 is 21.9 Å². The van der Waals surface area contributed by atoms with Crippen molar-refractivity contribution in [3.8, 4) is 11.1 Å². The second kappa shape index (κ2) is 5.18. The van der Waals surface area contributed by atoms with Crippen molar-refractivity contribution in [2.24, 2.45) is 5.14 Å². The fraction of sp³-hybridized carbons (Fsp3) is 0. The van der Waals surface area contributed by atoms with Gasteiger partial charge in [-0.3, -0.25) is 4.57 Å². The average molecular weight is 334 g/mol. The SMILES string of the molecule is NS(=O)(=O)c1cccc(-c2cn(C(=O)O)c3cc(F)ccc23)c1. The molecule has 0 aliphatic heterocycles. The lowest BCUT2D eigenvalue weighted by molar-refractivity contribution is 0.197. The van der Waals surface area contributed by atoms with Crippen LogP contribution in [-0.2, 0) is 10.0 Å². The predicted octanol–water partition coefficient (Wildman–Crippen LogP) is 2.62. The lowest BCUT2D eigenvalue weighted by atomic mass is 10.1. The van der Waals surface area contributed by atoms with E-state index >= 15 is 0 Å². The van der Waals surface area contributed by atoms with Crippen molar-refractivity contribution in [3.63, 3.8) is 0 Å². The van der Waals surface area contributed by atoms with Crippen molar-refractivity contribution in [1.29, 1.82) is 0 Å². The van der Waals surface area contributed by atoms with E-state index in [1.165, 1.54) is 36.5 Å². The summed E-state index contributed by atoms with van der Waals surface area (Å²) >= 11 is 0. The van der Waals surface area contributed by atoms with Crippen LogP contribution in [-0.4, -0.2) is 24.2 Å². The average Bonchev–Trinajstić information content (AvgIpc) is 2.85. The van der Waals surface area contributed by atoms with E-state index in [0.717, 1.165) is 10.6 Å². The summed E-state index contributed by atoms with van der Waals surface area (Å²) in [5, 5.41) is 14.8. The highest BCUT2D eigenvalue weighted by Crippen LogP contribution is 2.32. The summed E-state index contributed by atoms with van der Waals surface area (Å²) in [6.07, 6.45) is 0.0451. The molecule has 0 amide bonds. The van der Waals surface area contributed by atoms with Crippen LogP contribution < -0.4 is 5.14 Å². The number of nitrogens with two attached hydrogens (primary N) is 1. The molecule has 118 valence electrons. The van der Waals surface area contributed by atoms with Crippen molar-refractivity contribution >= 4 is 27.0 Å². The van der Waals surface area contributed by atoms with Crippen LogP contribution in [0, 0.1) is 5.82 Å². The Morgan fingerprint density at radius 2 is 1.91 bits per heavy atom. The predicted molar refractivity (Wildman–Crippen MR) is 82.1 cm³/mol. The Morgan fingerprint density at radius 1 is 1.17 bits per heavy atom. The molecule has 8 heteroatoms. The molecule has 1 aromatic heterocycles. The highest BCUT2D eigenvalue weighted by molar-refractivity contribution is 7.89. The van der Waals surface area contributed by atoms with E-state index in [1.807, 2.05) is 0 Å². The Bertz CT molecular complexity index is 1040. The summed E-state index contributed by atoms with van der Waals surface area (Å²) in [6, 6.07) is 9.58. The van der Waals surface area contributed by atoms with Gasteiger partial charge in [0.1, 0.15) is 5.82 Å². The molecule has 0 radical (unpaired) electrons.